The minimum atomic E-state index is -0.260. The standard InChI is InChI=1S/C25H27ClN4O3S/c1-17-22(24(32)28-25(27-17)34-16-18-5-3-6-19(26)13-18)15-23(31)30-11-9-29(10-12-30)20-7-4-8-21(14-20)33-2/h3-8,13-14H,9-12,15-16H2,1-2H3,(H,27,28,32). The Bertz CT molecular complexity index is 1220. The molecule has 0 aliphatic carbocycles. The van der Waals surface area contributed by atoms with Crippen LogP contribution in [0.5, 0.6) is 5.75 Å². The number of hydrogen-bond acceptors (Lipinski definition) is 6. The third-order valence-corrected chi connectivity index (χ3v) is 7.02. The Morgan fingerprint density at radius 3 is 2.62 bits per heavy atom. The zero-order chi connectivity index (χ0) is 24.1. The Kier molecular flexibility index (Phi) is 7.80. The van der Waals surface area contributed by atoms with E-state index in [4.69, 9.17) is 16.3 Å². The Hall–Kier alpha value is -2.97. The summed E-state index contributed by atoms with van der Waals surface area (Å²) in [6.07, 6.45) is 0.0482. The van der Waals surface area contributed by atoms with Gasteiger partial charge in [0.2, 0.25) is 5.91 Å². The molecule has 0 radical (unpaired) electrons. The van der Waals surface area contributed by atoms with E-state index in [0.717, 1.165) is 30.1 Å². The molecule has 0 bridgehead atoms. The lowest BCUT2D eigenvalue weighted by Crippen LogP contribution is -2.49. The van der Waals surface area contributed by atoms with Crippen molar-refractivity contribution in [3.63, 3.8) is 0 Å². The summed E-state index contributed by atoms with van der Waals surface area (Å²) in [5, 5.41) is 1.21. The zero-order valence-electron chi connectivity index (χ0n) is 19.2. The second kappa shape index (κ2) is 11.0. The van der Waals surface area contributed by atoms with E-state index in [0.29, 0.717) is 40.3 Å². The van der Waals surface area contributed by atoms with Crippen molar-refractivity contribution in [1.82, 2.24) is 14.9 Å². The average molecular weight is 499 g/mol. The lowest BCUT2D eigenvalue weighted by molar-refractivity contribution is -0.130. The minimum absolute atomic E-state index is 0.0482. The first-order valence-electron chi connectivity index (χ1n) is 11.1. The number of carbonyl (C=O) groups excluding carboxylic acids is 1. The van der Waals surface area contributed by atoms with Crippen LogP contribution < -0.4 is 15.2 Å². The van der Waals surface area contributed by atoms with Gasteiger partial charge in [0.15, 0.2) is 5.16 Å². The summed E-state index contributed by atoms with van der Waals surface area (Å²) in [7, 11) is 1.65. The summed E-state index contributed by atoms with van der Waals surface area (Å²) in [5.41, 5.74) is 2.87. The number of aromatic nitrogens is 2. The van der Waals surface area contributed by atoms with Crippen molar-refractivity contribution in [3.05, 3.63) is 80.7 Å². The number of hydrogen-bond donors (Lipinski definition) is 1. The van der Waals surface area contributed by atoms with Crippen LogP contribution in [0.4, 0.5) is 5.69 Å². The number of aryl methyl sites for hydroxylation is 1. The molecule has 0 atom stereocenters. The summed E-state index contributed by atoms with van der Waals surface area (Å²) < 4.78 is 5.31. The highest BCUT2D eigenvalue weighted by Crippen LogP contribution is 2.23. The summed E-state index contributed by atoms with van der Waals surface area (Å²) in [4.78, 5) is 37.0. The number of H-pyrrole nitrogens is 1. The van der Waals surface area contributed by atoms with Crippen LogP contribution >= 0.6 is 23.4 Å². The number of anilines is 1. The van der Waals surface area contributed by atoms with Crippen LogP contribution in [0.2, 0.25) is 5.02 Å². The van der Waals surface area contributed by atoms with E-state index in [9.17, 15) is 9.59 Å². The van der Waals surface area contributed by atoms with Crippen LogP contribution in [0.1, 0.15) is 16.8 Å². The quantitative estimate of drug-likeness (QED) is 0.393. The fraction of sp³-hybridized carbons (Fsp3) is 0.320. The topological polar surface area (TPSA) is 78.5 Å². The number of amides is 1. The third kappa shape index (κ3) is 5.93. The molecule has 0 saturated carbocycles. The molecule has 0 unspecified atom stereocenters. The van der Waals surface area contributed by atoms with Crippen LogP contribution in [0.3, 0.4) is 0 Å². The molecule has 1 aromatic heterocycles. The molecule has 7 nitrogen and oxygen atoms in total. The molecule has 34 heavy (non-hydrogen) atoms. The number of nitrogens with one attached hydrogen (secondary N) is 1. The van der Waals surface area contributed by atoms with E-state index in [-0.39, 0.29) is 17.9 Å². The molecule has 2 aromatic carbocycles. The molecule has 1 aliphatic heterocycles. The van der Waals surface area contributed by atoms with Crippen molar-refractivity contribution < 1.29 is 9.53 Å². The summed E-state index contributed by atoms with van der Waals surface area (Å²) >= 11 is 7.47. The lowest BCUT2D eigenvalue weighted by Gasteiger charge is -2.36. The van der Waals surface area contributed by atoms with Crippen LogP contribution in [0.15, 0.2) is 58.5 Å². The number of benzene rings is 2. The molecular formula is C25H27ClN4O3S. The maximum Gasteiger partial charge on any atom is 0.255 e. The number of ether oxygens (including phenoxy) is 1. The molecule has 4 rings (SSSR count). The number of rotatable bonds is 7. The normalized spacial score (nSPS) is 13.7. The van der Waals surface area contributed by atoms with Gasteiger partial charge in [-0.1, -0.05) is 41.6 Å². The van der Waals surface area contributed by atoms with Gasteiger partial charge in [-0.25, -0.2) is 4.98 Å². The molecule has 9 heteroatoms. The number of halogens is 1. The van der Waals surface area contributed by atoms with Gasteiger partial charge in [-0.2, -0.15) is 0 Å². The zero-order valence-corrected chi connectivity index (χ0v) is 20.8. The monoisotopic (exact) mass is 498 g/mol. The van der Waals surface area contributed by atoms with Crippen LogP contribution in [0.25, 0.3) is 0 Å². The van der Waals surface area contributed by atoms with Gasteiger partial charge in [-0.3, -0.25) is 9.59 Å². The van der Waals surface area contributed by atoms with Crippen LogP contribution in [-0.2, 0) is 17.0 Å². The highest BCUT2D eigenvalue weighted by Gasteiger charge is 2.23. The number of thioether (sulfide) groups is 1. The number of carbonyl (C=O) groups is 1. The number of methoxy groups -OCH3 is 1. The summed E-state index contributed by atoms with van der Waals surface area (Å²) in [6.45, 7) is 4.45. The fourth-order valence-electron chi connectivity index (χ4n) is 3.92. The third-order valence-electron chi connectivity index (χ3n) is 5.84. The maximum atomic E-state index is 12.9. The van der Waals surface area contributed by atoms with Gasteiger partial charge in [0.1, 0.15) is 5.75 Å². The molecular weight excluding hydrogens is 472 g/mol. The van der Waals surface area contributed by atoms with E-state index >= 15 is 0 Å². The van der Waals surface area contributed by atoms with Crippen molar-refractivity contribution >= 4 is 35.0 Å². The molecule has 1 saturated heterocycles. The highest BCUT2D eigenvalue weighted by molar-refractivity contribution is 7.98. The Labute approximate surface area is 208 Å². The first kappa shape index (κ1) is 24.2. The van der Waals surface area contributed by atoms with Gasteiger partial charge < -0.3 is 19.5 Å². The van der Waals surface area contributed by atoms with Crippen LogP contribution in [0, 0.1) is 6.92 Å². The largest absolute Gasteiger partial charge is 0.497 e. The highest BCUT2D eigenvalue weighted by atomic mass is 35.5. The lowest BCUT2D eigenvalue weighted by atomic mass is 10.1. The van der Waals surface area contributed by atoms with E-state index in [1.165, 1.54) is 11.8 Å². The van der Waals surface area contributed by atoms with Gasteiger partial charge in [0.05, 0.1) is 13.5 Å². The first-order chi connectivity index (χ1) is 16.4. The SMILES string of the molecule is COc1cccc(N2CCN(C(=O)Cc3c(C)nc(SCc4cccc(Cl)c4)[nH]c3=O)CC2)c1. The van der Waals surface area contributed by atoms with E-state index in [1.807, 2.05) is 53.4 Å². The number of piperazine rings is 1. The molecule has 0 spiro atoms. The molecule has 1 amide bonds. The minimum Gasteiger partial charge on any atom is -0.497 e. The van der Waals surface area contributed by atoms with Crippen LogP contribution in [-0.4, -0.2) is 54.1 Å². The molecule has 1 aliphatic rings. The predicted molar refractivity (Wildman–Crippen MR) is 136 cm³/mol. The molecule has 3 aromatic rings. The molecule has 178 valence electrons. The van der Waals surface area contributed by atoms with Gasteiger partial charge >= 0.3 is 0 Å². The predicted octanol–water partition coefficient (Wildman–Crippen LogP) is 3.92. The summed E-state index contributed by atoms with van der Waals surface area (Å²) in [5.74, 6) is 1.39. The first-order valence-corrected chi connectivity index (χ1v) is 12.4. The number of nitrogens with zero attached hydrogens (tertiary/aromatic N) is 3. The van der Waals surface area contributed by atoms with Crippen molar-refractivity contribution in [2.75, 3.05) is 38.2 Å². The van der Waals surface area contributed by atoms with Crippen molar-refractivity contribution in [2.45, 2.75) is 24.3 Å². The van der Waals surface area contributed by atoms with Gasteiger partial charge in [-0.05, 0) is 36.8 Å². The van der Waals surface area contributed by atoms with Gasteiger partial charge in [0.25, 0.3) is 5.56 Å². The Morgan fingerprint density at radius 1 is 1.15 bits per heavy atom. The maximum absolute atomic E-state index is 12.9. The molecule has 2 heterocycles. The second-order valence-corrected chi connectivity index (χ2v) is 9.50. The molecule has 1 fully saturated rings. The Balaban J connectivity index is 1.35. The van der Waals surface area contributed by atoms with E-state index in [2.05, 4.69) is 14.9 Å². The fourth-order valence-corrected chi connectivity index (χ4v) is 4.99. The smallest absolute Gasteiger partial charge is 0.255 e. The molecule has 1 N–H and O–H groups in total. The van der Waals surface area contributed by atoms with E-state index in [1.54, 1.807) is 14.0 Å². The van der Waals surface area contributed by atoms with Gasteiger partial charge in [0, 0.05) is 60.0 Å². The van der Waals surface area contributed by atoms with E-state index < -0.39 is 0 Å². The van der Waals surface area contributed by atoms with Gasteiger partial charge in [-0.15, -0.1) is 0 Å². The average Bonchev–Trinajstić information content (AvgIpc) is 2.85. The second-order valence-electron chi connectivity index (χ2n) is 8.10. The number of aromatic amines is 1. The van der Waals surface area contributed by atoms with Crippen molar-refractivity contribution in [3.8, 4) is 5.75 Å². The van der Waals surface area contributed by atoms with Crippen molar-refractivity contribution in [2.24, 2.45) is 0 Å². The van der Waals surface area contributed by atoms with Crippen molar-refractivity contribution in [1.29, 1.82) is 0 Å². The summed E-state index contributed by atoms with van der Waals surface area (Å²) in [6, 6.07) is 15.5. The Morgan fingerprint density at radius 2 is 1.91 bits per heavy atom.